The zero-order chi connectivity index (χ0) is 10.9. The van der Waals surface area contributed by atoms with Crippen LogP contribution < -0.4 is 0 Å². The van der Waals surface area contributed by atoms with Crippen LogP contribution in [0, 0.1) is 6.92 Å². The van der Waals surface area contributed by atoms with E-state index in [9.17, 15) is 8.42 Å². The lowest BCUT2D eigenvalue weighted by Crippen LogP contribution is -2.22. The molecule has 1 aromatic rings. The lowest BCUT2D eigenvalue weighted by atomic mass is 10.4. The normalized spacial score (nSPS) is 12.1. The van der Waals surface area contributed by atoms with Crippen LogP contribution in [0.15, 0.2) is 21.6 Å². The second-order valence-corrected chi connectivity index (χ2v) is 6.03. The summed E-state index contributed by atoms with van der Waals surface area (Å²) < 4.78 is 25.2. The van der Waals surface area contributed by atoms with Gasteiger partial charge in [0.15, 0.2) is 0 Å². The highest BCUT2D eigenvalue weighted by Crippen LogP contribution is 2.19. The van der Waals surface area contributed by atoms with Crippen molar-refractivity contribution >= 4 is 26.0 Å². The number of sulfonamides is 1. The number of nitrogens with zero attached hydrogens (tertiary/aromatic N) is 2. The number of pyridine rings is 1. The van der Waals surface area contributed by atoms with Crippen LogP contribution in [0.4, 0.5) is 0 Å². The third-order valence-corrected chi connectivity index (χ3v) is 4.36. The van der Waals surface area contributed by atoms with Crippen LogP contribution >= 0.6 is 15.9 Å². The minimum absolute atomic E-state index is 0.194. The summed E-state index contributed by atoms with van der Waals surface area (Å²) >= 11 is 3.24. The van der Waals surface area contributed by atoms with Gasteiger partial charge < -0.3 is 0 Å². The standard InChI is InChI=1S/C8H11BrN2O2S/c1-6-8(9)4-7(5-10-6)14(12,13)11(2)3/h4-5H,1-3H3. The van der Waals surface area contributed by atoms with Gasteiger partial charge in [0.2, 0.25) is 10.0 Å². The maximum absolute atomic E-state index is 11.7. The first-order chi connectivity index (χ1) is 6.35. The summed E-state index contributed by atoms with van der Waals surface area (Å²) in [5.41, 5.74) is 0.766. The molecule has 6 heteroatoms. The molecule has 0 saturated carbocycles. The van der Waals surface area contributed by atoms with Gasteiger partial charge in [-0.05, 0) is 28.9 Å². The molecular formula is C8H11BrN2O2S. The molecule has 0 unspecified atom stereocenters. The van der Waals surface area contributed by atoms with Gasteiger partial charge in [-0.2, -0.15) is 0 Å². The lowest BCUT2D eigenvalue weighted by molar-refractivity contribution is 0.520. The van der Waals surface area contributed by atoms with Crippen molar-refractivity contribution in [2.24, 2.45) is 0 Å². The Hall–Kier alpha value is -0.460. The molecule has 0 radical (unpaired) electrons. The molecule has 0 aliphatic heterocycles. The Labute approximate surface area is 92.1 Å². The minimum atomic E-state index is -3.38. The van der Waals surface area contributed by atoms with E-state index in [4.69, 9.17) is 0 Å². The lowest BCUT2D eigenvalue weighted by Gasteiger charge is -2.11. The number of halogens is 1. The smallest absolute Gasteiger partial charge is 0.244 e. The third-order valence-electron chi connectivity index (χ3n) is 1.78. The van der Waals surface area contributed by atoms with Crippen LogP contribution in [0.5, 0.6) is 0 Å². The number of hydrogen-bond donors (Lipinski definition) is 0. The quantitative estimate of drug-likeness (QED) is 0.822. The highest BCUT2D eigenvalue weighted by atomic mass is 79.9. The summed E-state index contributed by atoms with van der Waals surface area (Å²) in [5, 5.41) is 0. The number of hydrogen-bond acceptors (Lipinski definition) is 3. The first kappa shape index (κ1) is 11.6. The molecule has 0 saturated heterocycles. The van der Waals surface area contributed by atoms with E-state index >= 15 is 0 Å². The Morgan fingerprint density at radius 2 is 2.00 bits per heavy atom. The summed E-state index contributed by atoms with van der Waals surface area (Å²) in [6, 6.07) is 1.55. The molecule has 0 atom stereocenters. The fraction of sp³-hybridized carbons (Fsp3) is 0.375. The van der Waals surface area contributed by atoms with Crippen molar-refractivity contribution < 1.29 is 8.42 Å². The van der Waals surface area contributed by atoms with Crippen molar-refractivity contribution in [2.75, 3.05) is 14.1 Å². The molecule has 1 rings (SSSR count). The van der Waals surface area contributed by atoms with E-state index < -0.39 is 10.0 Å². The highest BCUT2D eigenvalue weighted by Gasteiger charge is 2.18. The average molecular weight is 279 g/mol. The van der Waals surface area contributed by atoms with Crippen LogP contribution in [0.1, 0.15) is 5.69 Å². The molecule has 0 amide bonds. The molecule has 14 heavy (non-hydrogen) atoms. The highest BCUT2D eigenvalue weighted by molar-refractivity contribution is 9.10. The second-order valence-electron chi connectivity index (χ2n) is 3.03. The van der Waals surface area contributed by atoms with Crippen molar-refractivity contribution in [2.45, 2.75) is 11.8 Å². The van der Waals surface area contributed by atoms with Crippen LogP contribution in [0.3, 0.4) is 0 Å². The molecule has 0 aliphatic carbocycles. The maximum Gasteiger partial charge on any atom is 0.244 e. The van der Waals surface area contributed by atoms with Crippen LogP contribution in [0.25, 0.3) is 0 Å². The van der Waals surface area contributed by atoms with E-state index in [2.05, 4.69) is 20.9 Å². The largest absolute Gasteiger partial charge is 0.259 e. The van der Waals surface area contributed by atoms with Crippen molar-refractivity contribution in [3.63, 3.8) is 0 Å². The van der Waals surface area contributed by atoms with E-state index in [1.807, 2.05) is 0 Å². The summed E-state index contributed by atoms with van der Waals surface area (Å²) in [5.74, 6) is 0. The Kier molecular flexibility index (Phi) is 3.28. The van der Waals surface area contributed by atoms with Crippen molar-refractivity contribution in [1.82, 2.24) is 9.29 Å². The molecule has 1 heterocycles. The zero-order valence-electron chi connectivity index (χ0n) is 8.15. The van der Waals surface area contributed by atoms with Crippen LogP contribution in [-0.2, 0) is 10.0 Å². The third kappa shape index (κ3) is 2.13. The van der Waals surface area contributed by atoms with Crippen LogP contribution in [0.2, 0.25) is 0 Å². The molecule has 4 nitrogen and oxygen atoms in total. The monoisotopic (exact) mass is 278 g/mol. The van der Waals surface area contributed by atoms with Crippen LogP contribution in [-0.4, -0.2) is 31.8 Å². The molecule has 78 valence electrons. The van der Waals surface area contributed by atoms with Crippen molar-refractivity contribution in [3.8, 4) is 0 Å². The van der Waals surface area contributed by atoms with E-state index in [0.717, 1.165) is 10.00 Å². The van der Waals surface area contributed by atoms with Gasteiger partial charge in [-0.1, -0.05) is 0 Å². The Bertz CT molecular complexity index is 443. The van der Waals surface area contributed by atoms with Gasteiger partial charge in [0.25, 0.3) is 0 Å². The van der Waals surface area contributed by atoms with Gasteiger partial charge in [0, 0.05) is 24.8 Å². The minimum Gasteiger partial charge on any atom is -0.259 e. The van der Waals surface area contributed by atoms with Crippen molar-refractivity contribution in [1.29, 1.82) is 0 Å². The van der Waals surface area contributed by atoms with Gasteiger partial charge in [-0.3, -0.25) is 4.98 Å². The van der Waals surface area contributed by atoms with E-state index in [1.165, 1.54) is 20.3 Å². The summed E-state index contributed by atoms with van der Waals surface area (Å²) in [6.07, 6.45) is 1.36. The predicted molar refractivity (Wildman–Crippen MR) is 57.5 cm³/mol. The average Bonchev–Trinajstić information content (AvgIpc) is 2.09. The SMILES string of the molecule is Cc1ncc(S(=O)(=O)N(C)C)cc1Br. The van der Waals surface area contributed by atoms with Gasteiger partial charge in [0.05, 0.1) is 5.69 Å². The molecular weight excluding hydrogens is 268 g/mol. The molecule has 0 bridgehead atoms. The molecule has 0 aliphatic rings. The Morgan fingerprint density at radius 1 is 1.43 bits per heavy atom. The predicted octanol–water partition coefficient (Wildman–Crippen LogP) is 1.40. The molecule has 1 aromatic heterocycles. The number of aryl methyl sites for hydroxylation is 1. The topological polar surface area (TPSA) is 50.3 Å². The second kappa shape index (κ2) is 3.96. The molecule has 0 N–H and O–H groups in total. The first-order valence-corrected chi connectivity index (χ1v) is 6.13. The zero-order valence-corrected chi connectivity index (χ0v) is 10.6. The molecule has 0 aromatic carbocycles. The fourth-order valence-electron chi connectivity index (χ4n) is 0.841. The maximum atomic E-state index is 11.7. The van der Waals surface area contributed by atoms with Gasteiger partial charge >= 0.3 is 0 Å². The van der Waals surface area contributed by atoms with Gasteiger partial charge in [-0.25, -0.2) is 12.7 Å². The summed E-state index contributed by atoms with van der Waals surface area (Å²) in [6.45, 7) is 1.80. The summed E-state index contributed by atoms with van der Waals surface area (Å²) in [4.78, 5) is 4.17. The first-order valence-electron chi connectivity index (χ1n) is 3.90. The van der Waals surface area contributed by atoms with E-state index in [1.54, 1.807) is 13.0 Å². The van der Waals surface area contributed by atoms with E-state index in [-0.39, 0.29) is 4.90 Å². The number of aromatic nitrogens is 1. The summed E-state index contributed by atoms with van der Waals surface area (Å²) in [7, 11) is -0.397. The Morgan fingerprint density at radius 3 is 2.43 bits per heavy atom. The fourth-order valence-corrected chi connectivity index (χ4v) is 2.22. The van der Waals surface area contributed by atoms with Crippen molar-refractivity contribution in [3.05, 3.63) is 22.4 Å². The molecule has 0 spiro atoms. The van der Waals surface area contributed by atoms with Gasteiger partial charge in [0.1, 0.15) is 4.90 Å². The van der Waals surface area contributed by atoms with E-state index in [0.29, 0.717) is 4.47 Å². The van der Waals surface area contributed by atoms with Gasteiger partial charge in [-0.15, -0.1) is 0 Å². The number of rotatable bonds is 2. The Balaban J connectivity index is 3.29. The molecule has 0 fully saturated rings.